The van der Waals surface area contributed by atoms with E-state index in [1.165, 1.54) is 11.1 Å². The zero-order valence-corrected chi connectivity index (χ0v) is 10.4. The van der Waals surface area contributed by atoms with E-state index in [9.17, 15) is 0 Å². The molecule has 0 bridgehead atoms. The largest absolute Gasteiger partial charge is 0.325 e. The quantitative estimate of drug-likeness (QED) is 0.873. The Morgan fingerprint density at radius 2 is 1.76 bits per heavy atom. The second-order valence-electron chi connectivity index (χ2n) is 5.07. The highest BCUT2D eigenvalue weighted by Crippen LogP contribution is 2.20. The molecule has 2 aromatic rings. The van der Waals surface area contributed by atoms with E-state index in [0.717, 1.165) is 12.1 Å². The van der Waals surface area contributed by atoms with Gasteiger partial charge in [0.2, 0.25) is 0 Å². The summed E-state index contributed by atoms with van der Waals surface area (Å²) in [5.41, 5.74) is 9.25. The summed E-state index contributed by atoms with van der Waals surface area (Å²) in [6, 6.07) is 14.5. The maximum atomic E-state index is 6.02. The highest BCUT2D eigenvalue weighted by Gasteiger charge is 2.12. The summed E-state index contributed by atoms with van der Waals surface area (Å²) in [7, 11) is 0. The Morgan fingerprint density at radius 3 is 2.41 bits per heavy atom. The third-order valence-corrected chi connectivity index (χ3v) is 2.56. The van der Waals surface area contributed by atoms with Gasteiger partial charge in [-0.05, 0) is 37.1 Å². The molecule has 1 aromatic heterocycles. The van der Waals surface area contributed by atoms with Gasteiger partial charge in [0, 0.05) is 23.9 Å². The lowest BCUT2D eigenvalue weighted by Crippen LogP contribution is -2.34. The molecule has 0 amide bonds. The summed E-state index contributed by atoms with van der Waals surface area (Å²) in [5, 5.41) is 0. The van der Waals surface area contributed by atoms with E-state index in [1.807, 2.05) is 44.3 Å². The van der Waals surface area contributed by atoms with E-state index >= 15 is 0 Å². The third kappa shape index (κ3) is 3.40. The molecule has 0 atom stereocenters. The molecule has 88 valence electrons. The average molecular weight is 226 g/mol. The molecule has 2 nitrogen and oxygen atoms in total. The van der Waals surface area contributed by atoms with Crippen LogP contribution in [0.15, 0.2) is 48.7 Å². The number of aromatic nitrogens is 1. The Hall–Kier alpha value is -1.67. The number of nitrogens with zero attached hydrogens (tertiary/aromatic N) is 1. The smallest absolute Gasteiger partial charge is 0.0427 e. The highest BCUT2D eigenvalue weighted by atomic mass is 14.7. The van der Waals surface area contributed by atoms with Crippen molar-refractivity contribution in [3.8, 4) is 11.1 Å². The van der Waals surface area contributed by atoms with Gasteiger partial charge >= 0.3 is 0 Å². The minimum atomic E-state index is -0.220. The van der Waals surface area contributed by atoms with Crippen molar-refractivity contribution in [1.29, 1.82) is 0 Å². The lowest BCUT2D eigenvalue weighted by molar-refractivity contribution is 0.510. The van der Waals surface area contributed by atoms with Crippen molar-refractivity contribution in [1.82, 2.24) is 4.98 Å². The molecular formula is C15H18N2. The first-order valence-electron chi connectivity index (χ1n) is 5.84. The molecule has 0 saturated heterocycles. The molecule has 0 fully saturated rings. The fourth-order valence-electron chi connectivity index (χ4n) is 1.85. The van der Waals surface area contributed by atoms with Gasteiger partial charge in [0.05, 0.1) is 0 Å². The van der Waals surface area contributed by atoms with E-state index in [-0.39, 0.29) is 5.54 Å². The van der Waals surface area contributed by atoms with Gasteiger partial charge in [0.25, 0.3) is 0 Å². The van der Waals surface area contributed by atoms with Gasteiger partial charge < -0.3 is 5.73 Å². The van der Waals surface area contributed by atoms with Crippen LogP contribution in [-0.4, -0.2) is 10.5 Å². The summed E-state index contributed by atoms with van der Waals surface area (Å²) in [5.74, 6) is 0. The molecule has 0 aliphatic heterocycles. The standard InChI is InChI=1S/C15H18N2/c1-15(2,16)11-14-10-13(8-9-17-14)12-6-4-3-5-7-12/h3-10H,11,16H2,1-2H3. The van der Waals surface area contributed by atoms with E-state index in [4.69, 9.17) is 5.73 Å². The molecule has 17 heavy (non-hydrogen) atoms. The topological polar surface area (TPSA) is 38.9 Å². The SMILES string of the molecule is CC(C)(N)Cc1cc(-c2ccccc2)ccn1. The Balaban J connectivity index is 2.29. The summed E-state index contributed by atoms with van der Waals surface area (Å²) < 4.78 is 0. The average Bonchev–Trinajstić information content (AvgIpc) is 2.28. The van der Waals surface area contributed by atoms with E-state index in [2.05, 4.69) is 23.2 Å². The van der Waals surface area contributed by atoms with E-state index in [0.29, 0.717) is 0 Å². The maximum absolute atomic E-state index is 6.02. The molecule has 0 unspecified atom stereocenters. The Bertz CT molecular complexity index is 484. The molecule has 0 aliphatic rings. The molecule has 2 heteroatoms. The molecule has 0 radical (unpaired) electrons. The number of hydrogen-bond acceptors (Lipinski definition) is 2. The van der Waals surface area contributed by atoms with Crippen LogP contribution in [0.25, 0.3) is 11.1 Å². The summed E-state index contributed by atoms with van der Waals surface area (Å²) in [6.07, 6.45) is 2.64. The predicted octanol–water partition coefficient (Wildman–Crippen LogP) is 3.03. The summed E-state index contributed by atoms with van der Waals surface area (Å²) in [6.45, 7) is 4.04. The molecular weight excluding hydrogens is 208 g/mol. The van der Waals surface area contributed by atoms with Gasteiger partial charge in [0.15, 0.2) is 0 Å². The van der Waals surface area contributed by atoms with Crippen LogP contribution in [0.1, 0.15) is 19.5 Å². The molecule has 2 rings (SSSR count). The van der Waals surface area contributed by atoms with Crippen molar-refractivity contribution in [2.75, 3.05) is 0 Å². The molecule has 2 N–H and O–H groups in total. The number of benzene rings is 1. The third-order valence-electron chi connectivity index (χ3n) is 2.56. The van der Waals surface area contributed by atoms with Crippen LogP contribution in [0.3, 0.4) is 0 Å². The van der Waals surface area contributed by atoms with E-state index < -0.39 is 0 Å². The molecule has 1 heterocycles. The summed E-state index contributed by atoms with van der Waals surface area (Å²) in [4.78, 5) is 4.37. The van der Waals surface area contributed by atoms with Gasteiger partial charge in [-0.15, -0.1) is 0 Å². The van der Waals surface area contributed by atoms with Crippen LogP contribution >= 0.6 is 0 Å². The van der Waals surface area contributed by atoms with Gasteiger partial charge in [-0.2, -0.15) is 0 Å². The van der Waals surface area contributed by atoms with Crippen LogP contribution in [0.5, 0.6) is 0 Å². The number of nitrogens with two attached hydrogens (primary N) is 1. The number of pyridine rings is 1. The fraction of sp³-hybridized carbons (Fsp3) is 0.267. The van der Waals surface area contributed by atoms with Crippen LogP contribution in [0, 0.1) is 0 Å². The predicted molar refractivity (Wildman–Crippen MR) is 71.6 cm³/mol. The van der Waals surface area contributed by atoms with Gasteiger partial charge in [-0.3, -0.25) is 4.98 Å². The second-order valence-corrected chi connectivity index (χ2v) is 5.07. The maximum Gasteiger partial charge on any atom is 0.0427 e. The first-order chi connectivity index (χ1) is 8.04. The van der Waals surface area contributed by atoms with Gasteiger partial charge in [-0.1, -0.05) is 30.3 Å². The second kappa shape index (κ2) is 4.68. The molecule has 0 aliphatic carbocycles. The normalized spacial score (nSPS) is 11.5. The first kappa shape index (κ1) is 11.8. The van der Waals surface area contributed by atoms with E-state index in [1.54, 1.807) is 0 Å². The van der Waals surface area contributed by atoms with Gasteiger partial charge in [0.1, 0.15) is 0 Å². The van der Waals surface area contributed by atoms with Crippen molar-refractivity contribution in [2.24, 2.45) is 5.73 Å². The lowest BCUT2D eigenvalue weighted by Gasteiger charge is -2.17. The minimum absolute atomic E-state index is 0.220. The van der Waals surface area contributed by atoms with Crippen molar-refractivity contribution in [3.05, 3.63) is 54.4 Å². The Kier molecular flexibility index (Phi) is 3.25. The first-order valence-corrected chi connectivity index (χ1v) is 5.84. The summed E-state index contributed by atoms with van der Waals surface area (Å²) >= 11 is 0. The van der Waals surface area contributed by atoms with Crippen LogP contribution in [0.2, 0.25) is 0 Å². The molecule has 0 spiro atoms. The fourth-order valence-corrected chi connectivity index (χ4v) is 1.85. The lowest BCUT2D eigenvalue weighted by atomic mass is 9.97. The Morgan fingerprint density at radius 1 is 1.06 bits per heavy atom. The van der Waals surface area contributed by atoms with Crippen LogP contribution < -0.4 is 5.73 Å². The van der Waals surface area contributed by atoms with Gasteiger partial charge in [-0.25, -0.2) is 0 Å². The van der Waals surface area contributed by atoms with Crippen molar-refractivity contribution < 1.29 is 0 Å². The Labute approximate surface area is 103 Å². The van der Waals surface area contributed by atoms with Crippen molar-refractivity contribution >= 4 is 0 Å². The molecule has 1 aromatic carbocycles. The minimum Gasteiger partial charge on any atom is -0.325 e. The van der Waals surface area contributed by atoms with Crippen LogP contribution in [0.4, 0.5) is 0 Å². The van der Waals surface area contributed by atoms with Crippen LogP contribution in [-0.2, 0) is 6.42 Å². The van der Waals surface area contributed by atoms with Crippen molar-refractivity contribution in [2.45, 2.75) is 25.8 Å². The zero-order chi connectivity index (χ0) is 12.3. The monoisotopic (exact) mass is 226 g/mol. The molecule has 0 saturated carbocycles. The highest BCUT2D eigenvalue weighted by molar-refractivity contribution is 5.63. The van der Waals surface area contributed by atoms with Crippen molar-refractivity contribution in [3.63, 3.8) is 0 Å². The number of rotatable bonds is 3. The zero-order valence-electron chi connectivity index (χ0n) is 10.4. The number of hydrogen-bond donors (Lipinski definition) is 1.